The number of thioether (sulfide) groups is 1. The van der Waals surface area contributed by atoms with E-state index in [-0.39, 0.29) is 5.12 Å². The van der Waals surface area contributed by atoms with Crippen molar-refractivity contribution >= 4 is 34.1 Å². The average molecular weight is 321 g/mol. The number of hydrogen-bond donors (Lipinski definition) is 1. The summed E-state index contributed by atoms with van der Waals surface area (Å²) in [7, 11) is 0. The van der Waals surface area contributed by atoms with Gasteiger partial charge in [-0.15, -0.1) is 11.3 Å². The van der Waals surface area contributed by atoms with E-state index in [0.29, 0.717) is 5.56 Å². The van der Waals surface area contributed by atoms with Gasteiger partial charge in [-0.2, -0.15) is 0 Å². The fraction of sp³-hybridized carbons (Fsp3) is 0.267. The number of pyridine rings is 1. The predicted molar refractivity (Wildman–Crippen MR) is 85.5 cm³/mol. The molecule has 0 unspecified atom stereocenters. The molecule has 110 valence electrons. The van der Waals surface area contributed by atoms with Gasteiger partial charge in [0.2, 0.25) is 11.0 Å². The number of aryl methyl sites for hydroxylation is 1. The zero-order valence-corrected chi connectivity index (χ0v) is 13.2. The molecule has 0 fully saturated rings. The molecule has 2 aromatic rings. The smallest absolute Gasteiger partial charge is 0.249 e. The van der Waals surface area contributed by atoms with Gasteiger partial charge in [0.1, 0.15) is 6.54 Å². The first-order chi connectivity index (χ1) is 10.2. The van der Waals surface area contributed by atoms with Crippen LogP contribution in [0.15, 0.2) is 42.0 Å². The van der Waals surface area contributed by atoms with Crippen LogP contribution >= 0.6 is 23.1 Å². The summed E-state index contributed by atoms with van der Waals surface area (Å²) >= 11 is 2.86. The number of hydrogen-bond acceptors (Lipinski definition) is 4. The normalized spacial score (nSPS) is 10.5. The molecule has 2 aromatic heterocycles. The van der Waals surface area contributed by atoms with Crippen molar-refractivity contribution in [3.63, 3.8) is 0 Å². The molecule has 0 aromatic carbocycles. The van der Waals surface area contributed by atoms with E-state index in [0.717, 1.165) is 30.0 Å². The van der Waals surface area contributed by atoms with E-state index in [1.165, 1.54) is 23.1 Å². The van der Waals surface area contributed by atoms with Gasteiger partial charge in [-0.1, -0.05) is 17.8 Å². The maximum absolute atomic E-state index is 11.8. The lowest BCUT2D eigenvalue weighted by molar-refractivity contribution is -0.697. The van der Waals surface area contributed by atoms with Crippen molar-refractivity contribution in [2.75, 3.05) is 5.75 Å². The van der Waals surface area contributed by atoms with Crippen molar-refractivity contribution in [2.45, 2.75) is 19.4 Å². The molecule has 6 heteroatoms. The number of nitrogens with two attached hydrogens (primary N) is 1. The highest BCUT2D eigenvalue weighted by atomic mass is 32.2. The predicted octanol–water partition coefficient (Wildman–Crippen LogP) is 2.49. The minimum atomic E-state index is -0.411. The van der Waals surface area contributed by atoms with Crippen molar-refractivity contribution in [1.29, 1.82) is 0 Å². The number of carbonyl (C=O) groups is 2. The third-order valence-electron chi connectivity index (χ3n) is 2.94. The van der Waals surface area contributed by atoms with Crippen LogP contribution in [0.3, 0.4) is 0 Å². The van der Waals surface area contributed by atoms with Crippen molar-refractivity contribution in [3.05, 3.63) is 52.5 Å². The molecule has 0 aliphatic heterocycles. The molecular weight excluding hydrogens is 304 g/mol. The summed E-state index contributed by atoms with van der Waals surface area (Å²) in [5, 5.41) is 2.07. The van der Waals surface area contributed by atoms with Gasteiger partial charge in [-0.3, -0.25) is 9.59 Å². The summed E-state index contributed by atoms with van der Waals surface area (Å²) in [6.07, 6.45) is 5.67. The Morgan fingerprint density at radius 1 is 1.19 bits per heavy atom. The van der Waals surface area contributed by atoms with Gasteiger partial charge in [0, 0.05) is 24.3 Å². The molecule has 2 N–H and O–H groups in total. The molecule has 2 rings (SSSR count). The zero-order valence-electron chi connectivity index (χ0n) is 11.5. The minimum absolute atomic E-state index is 0.156. The number of aromatic nitrogens is 1. The Morgan fingerprint density at radius 2 is 1.95 bits per heavy atom. The number of rotatable bonds is 7. The van der Waals surface area contributed by atoms with Crippen LogP contribution in [-0.2, 0) is 6.54 Å². The van der Waals surface area contributed by atoms with Crippen LogP contribution in [0.25, 0.3) is 0 Å². The van der Waals surface area contributed by atoms with Crippen LogP contribution in [-0.4, -0.2) is 16.8 Å². The molecule has 0 spiro atoms. The first-order valence-electron chi connectivity index (χ1n) is 6.66. The monoisotopic (exact) mass is 321 g/mol. The SMILES string of the molecule is NC(=O)c1cc[n+](CCCCSC(=O)c2cccs2)cc1. The second kappa shape index (κ2) is 7.95. The summed E-state index contributed by atoms with van der Waals surface area (Å²) in [5.74, 6) is 0.419. The Kier molecular flexibility index (Phi) is 5.95. The highest BCUT2D eigenvalue weighted by Gasteiger charge is 2.08. The minimum Gasteiger partial charge on any atom is -0.366 e. The zero-order chi connectivity index (χ0) is 15.1. The van der Waals surface area contributed by atoms with Gasteiger partial charge in [0.15, 0.2) is 12.4 Å². The number of carbonyl (C=O) groups excluding carboxylic acids is 2. The van der Waals surface area contributed by atoms with Crippen LogP contribution in [0.2, 0.25) is 0 Å². The van der Waals surface area contributed by atoms with Gasteiger partial charge in [0.25, 0.3) is 0 Å². The summed E-state index contributed by atoms with van der Waals surface area (Å²) in [4.78, 5) is 23.5. The van der Waals surface area contributed by atoms with Crippen molar-refractivity contribution in [3.8, 4) is 0 Å². The van der Waals surface area contributed by atoms with E-state index in [1.54, 1.807) is 12.1 Å². The van der Waals surface area contributed by atoms with Crippen LogP contribution in [0.4, 0.5) is 0 Å². The molecule has 0 saturated carbocycles. The molecule has 0 atom stereocenters. The molecule has 1 amide bonds. The third-order valence-corrected chi connectivity index (χ3v) is 4.91. The Morgan fingerprint density at radius 3 is 2.57 bits per heavy atom. The number of primary amides is 1. The lowest BCUT2D eigenvalue weighted by Crippen LogP contribution is -2.33. The van der Waals surface area contributed by atoms with Crippen molar-refractivity contribution in [2.24, 2.45) is 5.73 Å². The van der Waals surface area contributed by atoms with Gasteiger partial charge < -0.3 is 5.73 Å². The number of unbranched alkanes of at least 4 members (excludes halogenated alkanes) is 1. The number of nitrogens with zero attached hydrogens (tertiary/aromatic N) is 1. The van der Waals surface area contributed by atoms with E-state index in [1.807, 2.05) is 34.5 Å². The van der Waals surface area contributed by atoms with Crippen molar-refractivity contribution < 1.29 is 14.2 Å². The standard InChI is InChI=1S/C15H16N2O2S2/c16-14(18)12-5-8-17(9-6-12)7-1-2-10-21-15(19)13-4-3-11-20-13/h3-6,8-9,11H,1-2,7,10H2,(H-,16,18)/p+1. The van der Waals surface area contributed by atoms with Crippen LogP contribution < -0.4 is 10.3 Å². The second-order valence-corrected chi connectivity index (χ2v) is 6.52. The van der Waals surface area contributed by atoms with Gasteiger partial charge >= 0.3 is 0 Å². The summed E-state index contributed by atoms with van der Waals surface area (Å²) in [6.45, 7) is 0.868. The molecule has 0 aliphatic rings. The van der Waals surface area contributed by atoms with Crippen molar-refractivity contribution in [1.82, 2.24) is 0 Å². The maximum Gasteiger partial charge on any atom is 0.249 e. The van der Waals surface area contributed by atoms with Crippen LogP contribution in [0, 0.1) is 0 Å². The Labute approximate surface area is 132 Å². The Hall–Kier alpha value is -1.66. The van der Waals surface area contributed by atoms with E-state index in [9.17, 15) is 9.59 Å². The number of amides is 1. The van der Waals surface area contributed by atoms with E-state index in [2.05, 4.69) is 0 Å². The molecule has 0 bridgehead atoms. The second-order valence-electron chi connectivity index (χ2n) is 4.51. The average Bonchev–Trinajstić information content (AvgIpc) is 3.01. The molecule has 0 saturated heterocycles. The highest BCUT2D eigenvalue weighted by Crippen LogP contribution is 2.18. The van der Waals surface area contributed by atoms with Crippen LogP contribution in [0.1, 0.15) is 32.9 Å². The van der Waals surface area contributed by atoms with E-state index in [4.69, 9.17) is 5.73 Å². The number of thiophene rings is 1. The quantitative estimate of drug-likeness (QED) is 0.629. The lowest BCUT2D eigenvalue weighted by Gasteiger charge is -1.99. The molecule has 21 heavy (non-hydrogen) atoms. The van der Waals surface area contributed by atoms with E-state index < -0.39 is 5.91 Å². The fourth-order valence-corrected chi connectivity index (χ4v) is 3.42. The Balaban J connectivity index is 1.65. The summed E-state index contributed by atoms with van der Waals surface area (Å²) in [5.41, 5.74) is 5.71. The highest BCUT2D eigenvalue weighted by molar-refractivity contribution is 8.14. The molecular formula is C15H17N2O2S2+. The first-order valence-corrected chi connectivity index (χ1v) is 8.53. The topological polar surface area (TPSA) is 64.0 Å². The van der Waals surface area contributed by atoms with Gasteiger partial charge in [-0.05, 0) is 17.9 Å². The molecule has 0 aliphatic carbocycles. The van der Waals surface area contributed by atoms with E-state index >= 15 is 0 Å². The maximum atomic E-state index is 11.8. The lowest BCUT2D eigenvalue weighted by atomic mass is 10.2. The molecule has 0 radical (unpaired) electrons. The first kappa shape index (κ1) is 15.7. The largest absolute Gasteiger partial charge is 0.366 e. The fourth-order valence-electron chi connectivity index (χ4n) is 1.80. The summed E-state index contributed by atoms with van der Waals surface area (Å²) < 4.78 is 2.01. The van der Waals surface area contributed by atoms with Crippen LogP contribution in [0.5, 0.6) is 0 Å². The molecule has 2 heterocycles. The third kappa shape index (κ3) is 4.99. The summed E-state index contributed by atoms with van der Waals surface area (Å²) in [6, 6.07) is 7.19. The Bertz CT molecular complexity index is 595. The van der Waals surface area contributed by atoms with Gasteiger partial charge in [-0.25, -0.2) is 4.57 Å². The molecule has 4 nitrogen and oxygen atoms in total. The van der Waals surface area contributed by atoms with Gasteiger partial charge in [0.05, 0.1) is 10.4 Å².